The van der Waals surface area contributed by atoms with Gasteiger partial charge in [0.2, 0.25) is 5.91 Å². The first-order valence-electron chi connectivity index (χ1n) is 8.65. The Morgan fingerprint density at radius 3 is 2.96 bits per heavy atom. The molecule has 3 N–H and O–H groups in total. The van der Waals surface area contributed by atoms with Crippen molar-refractivity contribution in [3.05, 3.63) is 59.9 Å². The van der Waals surface area contributed by atoms with Gasteiger partial charge >= 0.3 is 6.03 Å². The maximum atomic E-state index is 12.6. The molecule has 0 aliphatic carbocycles. The lowest BCUT2D eigenvalue weighted by Crippen LogP contribution is -2.51. The summed E-state index contributed by atoms with van der Waals surface area (Å²) in [5.74, 6) is -0.111. The van der Waals surface area contributed by atoms with Crippen LogP contribution in [0.15, 0.2) is 48.8 Å². The van der Waals surface area contributed by atoms with Crippen molar-refractivity contribution in [3.63, 3.8) is 0 Å². The summed E-state index contributed by atoms with van der Waals surface area (Å²) in [5, 5.41) is 8.68. The third-order valence-electron chi connectivity index (χ3n) is 4.31. The number of urea groups is 1. The van der Waals surface area contributed by atoms with Gasteiger partial charge in [0.25, 0.3) is 0 Å². The lowest BCUT2D eigenvalue weighted by Gasteiger charge is -2.36. The molecule has 0 saturated carbocycles. The number of anilines is 1. The third-order valence-corrected chi connectivity index (χ3v) is 4.31. The maximum Gasteiger partial charge on any atom is 0.319 e. The minimum Gasteiger partial charge on any atom is -0.332 e. The van der Waals surface area contributed by atoms with E-state index in [0.29, 0.717) is 18.8 Å². The number of amides is 3. The number of nitrogens with zero attached hydrogens (tertiary/aromatic N) is 2. The Balaban J connectivity index is 1.57. The number of nitrogens with one attached hydrogen (secondary N) is 3. The number of rotatable bonds is 4. The second-order valence-corrected chi connectivity index (χ2v) is 6.27. The molecule has 0 radical (unpaired) electrons. The number of aromatic nitrogens is 1. The minimum atomic E-state index is -0.392. The molecule has 7 nitrogen and oxygen atoms in total. The maximum absolute atomic E-state index is 12.6. The standard InChI is InChI=1S/C19H23N5O2/c1-14-4-2-6-16(10-14)23-19(26)22-13-18(25)24-9-8-21-12-17(24)15-5-3-7-20-11-15/h2-7,10-11,17,21H,8-9,12-13H2,1H3,(H2,22,23,26). The average Bonchev–Trinajstić information content (AvgIpc) is 2.67. The minimum absolute atomic E-state index is 0.0472. The van der Waals surface area contributed by atoms with E-state index in [1.54, 1.807) is 17.3 Å². The monoisotopic (exact) mass is 353 g/mol. The summed E-state index contributed by atoms with van der Waals surface area (Å²) in [5.41, 5.74) is 2.74. The van der Waals surface area contributed by atoms with Crippen molar-refractivity contribution in [2.75, 3.05) is 31.5 Å². The first kappa shape index (κ1) is 17.9. The third kappa shape index (κ3) is 4.58. The summed E-state index contributed by atoms with van der Waals surface area (Å²) in [4.78, 5) is 30.6. The van der Waals surface area contributed by atoms with Gasteiger partial charge in [0.15, 0.2) is 0 Å². The van der Waals surface area contributed by atoms with Gasteiger partial charge in [-0.05, 0) is 36.2 Å². The zero-order valence-corrected chi connectivity index (χ0v) is 14.7. The molecular weight excluding hydrogens is 330 g/mol. The first-order valence-corrected chi connectivity index (χ1v) is 8.65. The van der Waals surface area contributed by atoms with Crippen LogP contribution in [0.2, 0.25) is 0 Å². The van der Waals surface area contributed by atoms with Gasteiger partial charge in [-0.15, -0.1) is 0 Å². The molecule has 1 aromatic carbocycles. The van der Waals surface area contributed by atoms with Crippen molar-refractivity contribution in [2.24, 2.45) is 0 Å². The van der Waals surface area contributed by atoms with E-state index in [0.717, 1.165) is 17.7 Å². The molecule has 2 heterocycles. The van der Waals surface area contributed by atoms with Gasteiger partial charge in [0.1, 0.15) is 0 Å². The number of hydrogen-bond donors (Lipinski definition) is 3. The van der Waals surface area contributed by atoms with E-state index in [1.807, 2.05) is 43.3 Å². The molecule has 1 saturated heterocycles. The predicted octanol–water partition coefficient (Wildman–Crippen LogP) is 1.68. The fourth-order valence-corrected chi connectivity index (χ4v) is 3.03. The van der Waals surface area contributed by atoms with E-state index in [9.17, 15) is 9.59 Å². The SMILES string of the molecule is Cc1cccc(NC(=O)NCC(=O)N2CCNCC2c2cccnc2)c1. The number of hydrogen-bond acceptors (Lipinski definition) is 4. The fraction of sp³-hybridized carbons (Fsp3) is 0.316. The molecule has 1 aromatic heterocycles. The van der Waals surface area contributed by atoms with Gasteiger partial charge in [-0.3, -0.25) is 9.78 Å². The highest BCUT2D eigenvalue weighted by Crippen LogP contribution is 2.21. The molecule has 1 aliphatic rings. The number of benzene rings is 1. The lowest BCUT2D eigenvalue weighted by atomic mass is 10.1. The molecular formula is C19H23N5O2. The molecule has 3 amide bonds. The quantitative estimate of drug-likeness (QED) is 0.781. The summed E-state index contributed by atoms with van der Waals surface area (Å²) >= 11 is 0. The number of carbonyl (C=O) groups excluding carboxylic acids is 2. The molecule has 0 bridgehead atoms. The zero-order chi connectivity index (χ0) is 18.4. The van der Waals surface area contributed by atoms with E-state index in [2.05, 4.69) is 20.9 Å². The molecule has 3 rings (SSSR count). The van der Waals surface area contributed by atoms with Crippen molar-refractivity contribution in [2.45, 2.75) is 13.0 Å². The van der Waals surface area contributed by atoms with Gasteiger partial charge in [-0.2, -0.15) is 0 Å². The lowest BCUT2D eigenvalue weighted by molar-refractivity contribution is -0.133. The Bertz CT molecular complexity index is 766. The Morgan fingerprint density at radius 2 is 2.19 bits per heavy atom. The Labute approximate surface area is 152 Å². The average molecular weight is 353 g/mol. The normalized spacial score (nSPS) is 16.8. The summed E-state index contributed by atoms with van der Waals surface area (Å²) < 4.78 is 0. The Morgan fingerprint density at radius 1 is 1.31 bits per heavy atom. The van der Waals surface area contributed by atoms with Crippen molar-refractivity contribution in [3.8, 4) is 0 Å². The first-order chi connectivity index (χ1) is 12.6. The van der Waals surface area contributed by atoms with Gasteiger partial charge in [0, 0.05) is 37.7 Å². The second-order valence-electron chi connectivity index (χ2n) is 6.27. The van der Waals surface area contributed by atoms with Crippen LogP contribution in [-0.2, 0) is 4.79 Å². The van der Waals surface area contributed by atoms with Crippen LogP contribution < -0.4 is 16.0 Å². The zero-order valence-electron chi connectivity index (χ0n) is 14.7. The van der Waals surface area contributed by atoms with Gasteiger partial charge < -0.3 is 20.9 Å². The molecule has 1 atom stereocenters. The number of pyridine rings is 1. The summed E-state index contributed by atoms with van der Waals surface area (Å²) in [6.45, 7) is 3.91. The summed E-state index contributed by atoms with van der Waals surface area (Å²) in [6.07, 6.45) is 3.49. The van der Waals surface area contributed by atoms with Crippen LogP contribution in [0.1, 0.15) is 17.2 Å². The molecule has 7 heteroatoms. The van der Waals surface area contributed by atoms with E-state index in [1.165, 1.54) is 0 Å². The van der Waals surface area contributed by atoms with Crippen molar-refractivity contribution in [1.82, 2.24) is 20.5 Å². The molecule has 1 fully saturated rings. The summed E-state index contributed by atoms with van der Waals surface area (Å²) in [6, 6.07) is 10.9. The van der Waals surface area contributed by atoms with E-state index < -0.39 is 6.03 Å². The van der Waals surface area contributed by atoms with Gasteiger partial charge in [-0.1, -0.05) is 18.2 Å². The van der Waals surface area contributed by atoms with Crippen molar-refractivity contribution >= 4 is 17.6 Å². The topological polar surface area (TPSA) is 86.4 Å². The smallest absolute Gasteiger partial charge is 0.319 e. The fourth-order valence-electron chi connectivity index (χ4n) is 3.03. The van der Waals surface area contributed by atoms with Crippen LogP contribution in [0.4, 0.5) is 10.5 Å². The Hall–Kier alpha value is -2.93. The largest absolute Gasteiger partial charge is 0.332 e. The summed E-state index contributed by atoms with van der Waals surface area (Å²) in [7, 11) is 0. The van der Waals surface area contributed by atoms with Gasteiger partial charge in [-0.25, -0.2) is 4.79 Å². The number of piperazine rings is 1. The molecule has 1 unspecified atom stereocenters. The highest BCUT2D eigenvalue weighted by Gasteiger charge is 2.27. The van der Waals surface area contributed by atoms with Crippen LogP contribution in [-0.4, -0.2) is 48.0 Å². The highest BCUT2D eigenvalue weighted by atomic mass is 16.2. The molecule has 0 spiro atoms. The van der Waals surface area contributed by atoms with Crippen LogP contribution in [0.25, 0.3) is 0 Å². The molecule has 2 aromatic rings. The second kappa shape index (κ2) is 8.44. The highest BCUT2D eigenvalue weighted by molar-refractivity contribution is 5.92. The van der Waals surface area contributed by atoms with Gasteiger partial charge in [0.05, 0.1) is 12.6 Å². The molecule has 1 aliphatic heterocycles. The number of carbonyl (C=O) groups is 2. The van der Waals surface area contributed by atoms with E-state index in [-0.39, 0.29) is 18.5 Å². The van der Waals surface area contributed by atoms with Crippen LogP contribution in [0, 0.1) is 6.92 Å². The number of aryl methyl sites for hydroxylation is 1. The molecule has 26 heavy (non-hydrogen) atoms. The molecule has 136 valence electrons. The van der Waals surface area contributed by atoms with Crippen LogP contribution >= 0.6 is 0 Å². The van der Waals surface area contributed by atoms with Crippen molar-refractivity contribution < 1.29 is 9.59 Å². The van der Waals surface area contributed by atoms with Crippen LogP contribution in [0.3, 0.4) is 0 Å². The Kier molecular flexibility index (Phi) is 5.80. The van der Waals surface area contributed by atoms with Crippen LogP contribution in [0.5, 0.6) is 0 Å². The van der Waals surface area contributed by atoms with E-state index >= 15 is 0 Å². The van der Waals surface area contributed by atoms with Crippen molar-refractivity contribution in [1.29, 1.82) is 0 Å². The predicted molar refractivity (Wildman–Crippen MR) is 99.8 cm³/mol. The van der Waals surface area contributed by atoms with E-state index in [4.69, 9.17) is 0 Å².